The van der Waals surface area contributed by atoms with E-state index in [1.54, 1.807) is 0 Å². The van der Waals surface area contributed by atoms with Gasteiger partial charge in [-0.1, -0.05) is 17.7 Å². The first-order chi connectivity index (χ1) is 10.1. The number of aryl methyl sites for hydroxylation is 1. The van der Waals surface area contributed by atoms with Gasteiger partial charge < -0.3 is 14.8 Å². The van der Waals surface area contributed by atoms with Gasteiger partial charge in [-0.3, -0.25) is 0 Å². The number of benzene rings is 2. The molecule has 0 radical (unpaired) electrons. The smallest absolute Gasteiger partial charge is 0.161 e. The van der Waals surface area contributed by atoms with Crippen molar-refractivity contribution in [2.24, 2.45) is 0 Å². The molecule has 0 fully saturated rings. The summed E-state index contributed by atoms with van der Waals surface area (Å²) in [6, 6.07) is 12.1. The molecule has 0 saturated heterocycles. The van der Waals surface area contributed by atoms with Gasteiger partial charge in [0.2, 0.25) is 0 Å². The molecule has 1 aliphatic heterocycles. The van der Waals surface area contributed by atoms with Gasteiger partial charge in [0.1, 0.15) is 13.2 Å². The number of fused-ring (bicyclic) bond motifs is 1. The lowest BCUT2D eigenvalue weighted by Crippen LogP contribution is -2.16. The quantitative estimate of drug-likeness (QED) is 0.899. The van der Waals surface area contributed by atoms with E-state index in [-0.39, 0.29) is 6.04 Å². The third kappa shape index (κ3) is 3.08. The zero-order valence-corrected chi connectivity index (χ0v) is 12.9. The van der Waals surface area contributed by atoms with Gasteiger partial charge in [-0.2, -0.15) is 0 Å². The van der Waals surface area contributed by atoms with Crippen LogP contribution in [-0.4, -0.2) is 13.2 Å². The molecule has 3 nitrogen and oxygen atoms in total. The van der Waals surface area contributed by atoms with Crippen LogP contribution in [0.1, 0.15) is 24.1 Å². The minimum Gasteiger partial charge on any atom is -0.486 e. The highest BCUT2D eigenvalue weighted by Crippen LogP contribution is 2.33. The van der Waals surface area contributed by atoms with E-state index in [0.29, 0.717) is 13.2 Å². The van der Waals surface area contributed by atoms with Crippen LogP contribution in [-0.2, 0) is 0 Å². The second-order valence-electron chi connectivity index (χ2n) is 5.23. The van der Waals surface area contributed by atoms with Crippen molar-refractivity contribution in [3.8, 4) is 11.5 Å². The lowest BCUT2D eigenvalue weighted by atomic mass is 10.1. The van der Waals surface area contributed by atoms with Crippen LogP contribution in [0.25, 0.3) is 0 Å². The van der Waals surface area contributed by atoms with Gasteiger partial charge in [0.05, 0.1) is 0 Å². The zero-order valence-electron chi connectivity index (χ0n) is 12.2. The minimum atomic E-state index is 0.167. The van der Waals surface area contributed by atoms with Gasteiger partial charge in [0.25, 0.3) is 0 Å². The van der Waals surface area contributed by atoms with Gasteiger partial charge in [-0.25, -0.2) is 0 Å². The number of ether oxygens (including phenoxy) is 2. The summed E-state index contributed by atoms with van der Waals surface area (Å²) in [6.45, 7) is 5.39. The molecular formula is C17H18ClNO2. The molecule has 1 N–H and O–H groups in total. The predicted octanol–water partition coefficient (Wildman–Crippen LogP) is 4.59. The fourth-order valence-electron chi connectivity index (χ4n) is 2.43. The monoisotopic (exact) mass is 303 g/mol. The Morgan fingerprint density at radius 2 is 1.81 bits per heavy atom. The average Bonchev–Trinajstić information content (AvgIpc) is 2.49. The van der Waals surface area contributed by atoms with Crippen molar-refractivity contribution >= 4 is 17.3 Å². The molecule has 2 aromatic rings. The number of rotatable bonds is 3. The van der Waals surface area contributed by atoms with Gasteiger partial charge in [-0.15, -0.1) is 0 Å². The van der Waals surface area contributed by atoms with E-state index in [9.17, 15) is 0 Å². The molecule has 21 heavy (non-hydrogen) atoms. The highest BCUT2D eigenvalue weighted by atomic mass is 35.5. The zero-order chi connectivity index (χ0) is 14.8. The average molecular weight is 304 g/mol. The maximum Gasteiger partial charge on any atom is 0.161 e. The van der Waals surface area contributed by atoms with Crippen LogP contribution in [0.2, 0.25) is 5.02 Å². The fourth-order valence-corrected chi connectivity index (χ4v) is 2.66. The third-order valence-corrected chi connectivity index (χ3v) is 3.86. The molecular weight excluding hydrogens is 286 g/mol. The van der Waals surface area contributed by atoms with Gasteiger partial charge in [0, 0.05) is 16.8 Å². The molecule has 0 amide bonds. The van der Waals surface area contributed by atoms with Crippen LogP contribution in [0.5, 0.6) is 11.5 Å². The van der Waals surface area contributed by atoms with E-state index in [4.69, 9.17) is 21.1 Å². The van der Waals surface area contributed by atoms with Crippen LogP contribution in [0.4, 0.5) is 5.69 Å². The molecule has 3 rings (SSSR count). The number of nitrogens with one attached hydrogen (secondary N) is 1. The van der Waals surface area contributed by atoms with Gasteiger partial charge >= 0.3 is 0 Å². The van der Waals surface area contributed by atoms with E-state index in [2.05, 4.69) is 18.3 Å². The maximum atomic E-state index is 5.99. The molecule has 1 unspecified atom stereocenters. The molecule has 1 heterocycles. The summed E-state index contributed by atoms with van der Waals surface area (Å²) in [7, 11) is 0. The highest BCUT2D eigenvalue weighted by Gasteiger charge is 2.14. The van der Waals surface area contributed by atoms with Gasteiger partial charge in [0.15, 0.2) is 11.5 Å². The number of anilines is 1. The van der Waals surface area contributed by atoms with Crippen molar-refractivity contribution in [1.29, 1.82) is 0 Å². The van der Waals surface area contributed by atoms with Crippen molar-refractivity contribution in [2.45, 2.75) is 19.9 Å². The van der Waals surface area contributed by atoms with Crippen molar-refractivity contribution < 1.29 is 9.47 Å². The Bertz CT molecular complexity index is 657. The molecule has 1 atom stereocenters. The normalized spacial score (nSPS) is 14.6. The molecule has 0 saturated carbocycles. The highest BCUT2D eigenvalue weighted by molar-refractivity contribution is 6.30. The first-order valence-corrected chi connectivity index (χ1v) is 7.43. The van der Waals surface area contributed by atoms with E-state index < -0.39 is 0 Å². The van der Waals surface area contributed by atoms with E-state index in [0.717, 1.165) is 33.3 Å². The second-order valence-corrected chi connectivity index (χ2v) is 5.66. The number of hydrogen-bond donors (Lipinski definition) is 1. The van der Waals surface area contributed by atoms with Crippen LogP contribution in [0, 0.1) is 6.92 Å². The Labute approximate surface area is 129 Å². The molecule has 1 aliphatic rings. The largest absolute Gasteiger partial charge is 0.486 e. The summed E-state index contributed by atoms with van der Waals surface area (Å²) in [6.07, 6.45) is 0. The Hall–Kier alpha value is -1.87. The van der Waals surface area contributed by atoms with Crippen molar-refractivity contribution in [1.82, 2.24) is 0 Å². The predicted molar refractivity (Wildman–Crippen MR) is 85.7 cm³/mol. The first kappa shape index (κ1) is 14.1. The van der Waals surface area contributed by atoms with Crippen LogP contribution in [0.15, 0.2) is 36.4 Å². The summed E-state index contributed by atoms with van der Waals surface area (Å²) < 4.78 is 11.2. The summed E-state index contributed by atoms with van der Waals surface area (Å²) >= 11 is 5.99. The molecule has 4 heteroatoms. The van der Waals surface area contributed by atoms with Gasteiger partial charge in [-0.05, 0) is 55.3 Å². The summed E-state index contributed by atoms with van der Waals surface area (Å²) in [5.41, 5.74) is 3.38. The van der Waals surface area contributed by atoms with E-state index >= 15 is 0 Å². The Balaban J connectivity index is 1.80. The Morgan fingerprint density at radius 1 is 1.05 bits per heavy atom. The fraction of sp³-hybridized carbons (Fsp3) is 0.294. The number of hydrogen-bond acceptors (Lipinski definition) is 3. The molecule has 0 bridgehead atoms. The van der Waals surface area contributed by atoms with Crippen molar-refractivity contribution in [3.63, 3.8) is 0 Å². The molecule has 110 valence electrons. The number of halogens is 1. The topological polar surface area (TPSA) is 30.5 Å². The van der Waals surface area contributed by atoms with Crippen LogP contribution < -0.4 is 14.8 Å². The SMILES string of the molecule is Cc1cc(Cl)ccc1NC(C)c1ccc2c(c1)OCCO2. The van der Waals surface area contributed by atoms with Crippen molar-refractivity contribution in [3.05, 3.63) is 52.5 Å². The van der Waals surface area contributed by atoms with Crippen LogP contribution >= 0.6 is 11.6 Å². The maximum absolute atomic E-state index is 5.99. The van der Waals surface area contributed by atoms with E-state index in [1.165, 1.54) is 0 Å². The minimum absolute atomic E-state index is 0.167. The Morgan fingerprint density at radius 3 is 2.57 bits per heavy atom. The summed E-state index contributed by atoms with van der Waals surface area (Å²) in [5.74, 6) is 1.64. The summed E-state index contributed by atoms with van der Waals surface area (Å²) in [5, 5.41) is 4.26. The lowest BCUT2D eigenvalue weighted by Gasteiger charge is -2.22. The standard InChI is InChI=1S/C17H18ClNO2/c1-11-9-14(18)4-5-15(11)19-12(2)13-3-6-16-17(10-13)21-8-7-20-16/h3-6,9-10,12,19H,7-8H2,1-2H3. The Kier molecular flexibility index (Phi) is 3.93. The van der Waals surface area contributed by atoms with Crippen LogP contribution in [0.3, 0.4) is 0 Å². The molecule has 0 spiro atoms. The second kappa shape index (κ2) is 5.86. The van der Waals surface area contributed by atoms with Crippen molar-refractivity contribution in [2.75, 3.05) is 18.5 Å². The first-order valence-electron chi connectivity index (χ1n) is 7.06. The van der Waals surface area contributed by atoms with E-state index in [1.807, 2.05) is 37.3 Å². The molecule has 0 aromatic heterocycles. The lowest BCUT2D eigenvalue weighted by molar-refractivity contribution is 0.171. The molecule has 2 aromatic carbocycles. The summed E-state index contributed by atoms with van der Waals surface area (Å²) in [4.78, 5) is 0. The third-order valence-electron chi connectivity index (χ3n) is 3.63. The molecule has 0 aliphatic carbocycles.